The molecular formula is C23H43BN3Si2+. The molecule has 1 N–H and O–H groups in total. The lowest BCUT2D eigenvalue weighted by Crippen LogP contribution is -2.75. The molecule has 0 radical (unpaired) electrons. The van der Waals surface area contributed by atoms with Crippen molar-refractivity contribution in [2.45, 2.75) is 92.9 Å². The van der Waals surface area contributed by atoms with Gasteiger partial charge >= 0.3 is 6.85 Å². The van der Waals surface area contributed by atoms with Gasteiger partial charge in [0.15, 0.2) is 0 Å². The largest absolute Gasteiger partial charge is 0.388 e. The molecule has 0 atom stereocenters. The van der Waals surface area contributed by atoms with Gasteiger partial charge in [0.05, 0.1) is 20.2 Å². The van der Waals surface area contributed by atoms with Crippen LogP contribution in [0.2, 0.25) is 39.3 Å². The summed E-state index contributed by atoms with van der Waals surface area (Å²) in [4.78, 5) is 4.15. The van der Waals surface area contributed by atoms with Gasteiger partial charge in [-0.2, -0.15) is 0 Å². The Labute approximate surface area is 182 Å². The number of nitrogens with zero attached hydrogens (tertiary/aromatic N) is 2. The molecule has 6 heteroatoms. The molecule has 0 saturated heterocycles. The number of hydrogen-bond donors (Lipinski definition) is 1. The van der Waals surface area contributed by atoms with E-state index in [-0.39, 0.29) is 6.85 Å². The molecule has 1 heterocycles. The Balaban J connectivity index is 2.93. The second-order valence-corrected chi connectivity index (χ2v) is 20.9. The van der Waals surface area contributed by atoms with Crippen LogP contribution < -0.4 is 25.8 Å². The van der Waals surface area contributed by atoms with Crippen molar-refractivity contribution in [3.05, 3.63) is 35.7 Å². The third-order valence-corrected chi connectivity index (χ3v) is 8.91. The van der Waals surface area contributed by atoms with Gasteiger partial charge in [-0.3, -0.25) is 0 Å². The predicted octanol–water partition coefficient (Wildman–Crippen LogP) is 3.63. The standard InChI is InChI=1S/C23H43BN3Si2/c1-17(2)26-19(5)20(6)27(18(3)4)23(26)24(25-29(10,11)12)21-15-13-14-16-22(21)28(7,8)9/h13-18,25H,1-12H3/q+1. The Hall–Kier alpha value is -1.11. The minimum atomic E-state index is -1.55. The number of rotatable bonds is 7. The van der Waals surface area contributed by atoms with Crippen molar-refractivity contribution in [1.82, 2.24) is 9.46 Å². The molecule has 0 fully saturated rings. The quantitative estimate of drug-likeness (QED) is 0.528. The first kappa shape index (κ1) is 24.2. The molecule has 0 amide bonds. The van der Waals surface area contributed by atoms with E-state index in [2.05, 4.69) is 119 Å². The molecule has 0 aliphatic rings. The molecule has 0 bridgehead atoms. The molecule has 0 saturated carbocycles. The second kappa shape index (κ2) is 8.56. The first-order valence-corrected chi connectivity index (χ1v) is 18.2. The van der Waals surface area contributed by atoms with Crippen molar-refractivity contribution in [3.63, 3.8) is 0 Å². The van der Waals surface area contributed by atoms with Crippen LogP contribution in [0.3, 0.4) is 0 Å². The SMILES string of the molecule is Cc1c(C)[n+](C(C)C)c(B(N[Si](C)(C)C)c2ccccc2[Si](C)(C)C)n1C(C)C. The third kappa shape index (κ3) is 5.15. The minimum Gasteiger partial charge on any atom is -0.364 e. The molecule has 0 aliphatic carbocycles. The van der Waals surface area contributed by atoms with Gasteiger partial charge in [0.2, 0.25) is 5.72 Å². The van der Waals surface area contributed by atoms with Gasteiger partial charge in [0.1, 0.15) is 19.6 Å². The summed E-state index contributed by atoms with van der Waals surface area (Å²) in [6, 6.07) is 10.0. The van der Waals surface area contributed by atoms with Gasteiger partial charge in [-0.25, -0.2) is 9.13 Å². The molecule has 3 nitrogen and oxygen atoms in total. The summed E-state index contributed by atoms with van der Waals surface area (Å²) in [6.07, 6.45) is 0. The average molecular weight is 429 g/mol. The topological polar surface area (TPSA) is 20.8 Å². The van der Waals surface area contributed by atoms with Crippen molar-refractivity contribution in [2.24, 2.45) is 0 Å². The van der Waals surface area contributed by atoms with Crippen LogP contribution in [0.5, 0.6) is 0 Å². The van der Waals surface area contributed by atoms with Crippen LogP contribution in [-0.4, -0.2) is 27.7 Å². The van der Waals surface area contributed by atoms with E-state index < -0.39 is 16.3 Å². The first-order chi connectivity index (χ1) is 13.2. The highest BCUT2D eigenvalue weighted by Gasteiger charge is 2.42. The maximum Gasteiger partial charge on any atom is 0.388 e. The molecule has 160 valence electrons. The van der Waals surface area contributed by atoms with E-state index in [4.69, 9.17) is 0 Å². The highest BCUT2D eigenvalue weighted by molar-refractivity contribution is 6.99. The van der Waals surface area contributed by atoms with Crippen LogP contribution in [0.1, 0.15) is 51.2 Å². The van der Waals surface area contributed by atoms with Gasteiger partial charge in [0.25, 0.3) is 0 Å². The van der Waals surface area contributed by atoms with Gasteiger partial charge in [-0.05, 0) is 27.7 Å². The summed E-state index contributed by atoms with van der Waals surface area (Å²) in [5.74, 6) is 0. The fourth-order valence-corrected chi connectivity index (χ4v) is 7.38. The number of nitrogens with one attached hydrogen (secondary N) is 1. The van der Waals surface area contributed by atoms with Crippen LogP contribution >= 0.6 is 0 Å². The molecule has 1 aromatic carbocycles. The average Bonchev–Trinajstić information content (AvgIpc) is 2.83. The van der Waals surface area contributed by atoms with Crippen LogP contribution in [0, 0.1) is 13.8 Å². The summed E-state index contributed by atoms with van der Waals surface area (Å²) in [7, 11) is -3.04. The van der Waals surface area contributed by atoms with E-state index in [0.29, 0.717) is 12.1 Å². The molecule has 1 aromatic heterocycles. The van der Waals surface area contributed by atoms with Crippen molar-refractivity contribution < 1.29 is 4.57 Å². The second-order valence-electron chi connectivity index (χ2n) is 11.1. The summed E-state index contributed by atoms with van der Waals surface area (Å²) in [5, 5.41) is 1.57. The highest BCUT2D eigenvalue weighted by atomic mass is 28.3. The van der Waals surface area contributed by atoms with Crippen LogP contribution in [0.15, 0.2) is 24.3 Å². The normalized spacial score (nSPS) is 12.9. The van der Waals surface area contributed by atoms with Crippen molar-refractivity contribution in [1.29, 1.82) is 0 Å². The Bertz CT molecular complexity index is 827. The van der Waals surface area contributed by atoms with E-state index in [1.807, 2.05) is 0 Å². The Morgan fingerprint density at radius 3 is 1.93 bits per heavy atom. The van der Waals surface area contributed by atoms with Gasteiger partial charge in [0, 0.05) is 13.8 Å². The van der Waals surface area contributed by atoms with Crippen LogP contribution in [0.25, 0.3) is 0 Å². The fourth-order valence-electron chi connectivity index (χ4n) is 4.54. The molecule has 2 rings (SSSR count). The smallest absolute Gasteiger partial charge is 0.364 e. The van der Waals surface area contributed by atoms with E-state index in [9.17, 15) is 0 Å². The molecule has 29 heavy (non-hydrogen) atoms. The summed E-state index contributed by atoms with van der Waals surface area (Å²) in [5.41, 5.74) is 5.66. The lowest BCUT2D eigenvalue weighted by molar-refractivity contribution is -0.705. The monoisotopic (exact) mass is 428 g/mol. The first-order valence-electron chi connectivity index (χ1n) is 11.2. The fraction of sp³-hybridized carbons (Fsp3) is 0.609. The van der Waals surface area contributed by atoms with Gasteiger partial charge in [-0.1, -0.05) is 74.2 Å². The predicted molar refractivity (Wildman–Crippen MR) is 136 cm³/mol. The molecule has 0 unspecified atom stereocenters. The molecule has 0 aliphatic heterocycles. The van der Waals surface area contributed by atoms with Gasteiger partial charge in [-0.15, -0.1) is 0 Å². The maximum atomic E-state index is 4.15. The molecule has 2 aromatic rings. The lowest BCUT2D eigenvalue weighted by Gasteiger charge is -2.29. The van der Waals surface area contributed by atoms with Crippen molar-refractivity contribution in [2.75, 3.05) is 0 Å². The highest BCUT2D eigenvalue weighted by Crippen LogP contribution is 2.13. The van der Waals surface area contributed by atoms with Crippen molar-refractivity contribution >= 4 is 39.5 Å². The van der Waals surface area contributed by atoms with Crippen molar-refractivity contribution in [3.8, 4) is 0 Å². The lowest BCUT2D eigenvalue weighted by atomic mass is 9.56. The number of aromatic nitrogens is 2. The minimum absolute atomic E-state index is 0.210. The summed E-state index contributed by atoms with van der Waals surface area (Å²) >= 11 is 0. The number of imidazole rings is 1. The van der Waals surface area contributed by atoms with E-state index in [0.717, 1.165) is 0 Å². The van der Waals surface area contributed by atoms with Crippen LogP contribution in [-0.2, 0) is 0 Å². The zero-order chi connectivity index (χ0) is 22.3. The maximum absolute atomic E-state index is 4.15. The van der Waals surface area contributed by atoms with E-state index in [1.54, 1.807) is 5.19 Å². The zero-order valence-corrected chi connectivity index (χ0v) is 22.9. The number of hydrogen-bond acceptors (Lipinski definition) is 1. The van der Waals surface area contributed by atoms with Gasteiger partial charge < -0.3 is 4.89 Å². The summed E-state index contributed by atoms with van der Waals surface area (Å²) < 4.78 is 5.16. The van der Waals surface area contributed by atoms with E-state index >= 15 is 0 Å². The summed E-state index contributed by atoms with van der Waals surface area (Å²) in [6.45, 7) is 28.7. The molecule has 0 spiro atoms. The Kier molecular flexibility index (Phi) is 7.13. The zero-order valence-electron chi connectivity index (χ0n) is 20.9. The molecular weight excluding hydrogens is 385 g/mol. The number of benzene rings is 1. The third-order valence-electron chi connectivity index (χ3n) is 5.69. The van der Waals surface area contributed by atoms with Crippen LogP contribution in [0.4, 0.5) is 0 Å². The van der Waals surface area contributed by atoms with E-state index in [1.165, 1.54) is 22.6 Å². The Morgan fingerprint density at radius 1 is 0.931 bits per heavy atom. The Morgan fingerprint density at radius 2 is 1.48 bits per heavy atom.